The third-order valence-electron chi connectivity index (χ3n) is 3.81. The van der Waals surface area contributed by atoms with Gasteiger partial charge in [0.25, 0.3) is 0 Å². The van der Waals surface area contributed by atoms with Gasteiger partial charge in [0, 0.05) is 11.6 Å². The number of benzene rings is 3. The standard InChI is InChI=1S/C22H19O4/c23-17-24-16-20-11-12-21(25-14-18-7-3-1-4-8-18)13-22(20)26-15-19-9-5-2-6-10-19/h1-13H,14-16H2. The summed E-state index contributed by atoms with van der Waals surface area (Å²) in [6.07, 6.45) is 0. The molecular weight excluding hydrogens is 328 g/mol. The van der Waals surface area contributed by atoms with Gasteiger partial charge in [-0.05, 0) is 23.3 Å². The van der Waals surface area contributed by atoms with Crippen LogP contribution >= 0.6 is 0 Å². The topological polar surface area (TPSA) is 44.8 Å². The number of ether oxygens (including phenoxy) is 3. The van der Waals surface area contributed by atoms with Gasteiger partial charge in [0.15, 0.2) is 0 Å². The number of rotatable bonds is 9. The molecular formula is C22H19O4. The van der Waals surface area contributed by atoms with E-state index < -0.39 is 0 Å². The minimum atomic E-state index is 0.104. The zero-order valence-corrected chi connectivity index (χ0v) is 14.3. The molecule has 3 aromatic carbocycles. The lowest BCUT2D eigenvalue weighted by molar-refractivity contribution is 0.249. The van der Waals surface area contributed by atoms with Crippen molar-refractivity contribution in [1.29, 1.82) is 0 Å². The molecule has 0 aliphatic heterocycles. The molecule has 26 heavy (non-hydrogen) atoms. The average Bonchev–Trinajstić information content (AvgIpc) is 2.71. The van der Waals surface area contributed by atoms with Gasteiger partial charge in [0.1, 0.15) is 31.3 Å². The summed E-state index contributed by atoms with van der Waals surface area (Å²) >= 11 is 0. The molecule has 0 N–H and O–H groups in total. The molecule has 0 aromatic heterocycles. The summed E-state index contributed by atoms with van der Waals surface area (Å²) in [6, 6.07) is 25.3. The second-order valence-electron chi connectivity index (χ2n) is 5.69. The van der Waals surface area contributed by atoms with Gasteiger partial charge in [-0.2, -0.15) is 0 Å². The molecule has 0 amide bonds. The van der Waals surface area contributed by atoms with Gasteiger partial charge < -0.3 is 14.2 Å². The Morgan fingerprint density at radius 3 is 1.92 bits per heavy atom. The van der Waals surface area contributed by atoms with E-state index in [1.165, 1.54) is 6.47 Å². The van der Waals surface area contributed by atoms with Gasteiger partial charge in [-0.25, -0.2) is 4.79 Å². The summed E-state index contributed by atoms with van der Waals surface area (Å²) in [4.78, 5) is 10.4. The van der Waals surface area contributed by atoms with Crippen LogP contribution < -0.4 is 9.47 Å². The van der Waals surface area contributed by atoms with Crippen LogP contribution in [0.3, 0.4) is 0 Å². The highest BCUT2D eigenvalue weighted by Gasteiger charge is 2.08. The van der Waals surface area contributed by atoms with Crippen LogP contribution in [0.2, 0.25) is 0 Å². The zero-order chi connectivity index (χ0) is 18.0. The van der Waals surface area contributed by atoms with Crippen molar-refractivity contribution in [3.05, 3.63) is 95.6 Å². The Morgan fingerprint density at radius 2 is 1.31 bits per heavy atom. The number of hydrogen-bond donors (Lipinski definition) is 0. The van der Waals surface area contributed by atoms with Gasteiger partial charge in [-0.3, -0.25) is 0 Å². The highest BCUT2D eigenvalue weighted by atomic mass is 16.5. The summed E-state index contributed by atoms with van der Waals surface area (Å²) in [5, 5.41) is 0. The Kier molecular flexibility index (Phi) is 6.26. The second-order valence-corrected chi connectivity index (χ2v) is 5.69. The minimum Gasteiger partial charge on any atom is -0.489 e. The fourth-order valence-corrected chi connectivity index (χ4v) is 2.46. The van der Waals surface area contributed by atoms with Gasteiger partial charge in [0.05, 0.1) is 0 Å². The van der Waals surface area contributed by atoms with Crippen molar-refractivity contribution < 1.29 is 19.0 Å². The van der Waals surface area contributed by atoms with Crippen molar-refractivity contribution in [2.75, 3.05) is 0 Å². The van der Waals surface area contributed by atoms with Crippen LogP contribution in [0.25, 0.3) is 0 Å². The van der Waals surface area contributed by atoms with E-state index in [1.54, 1.807) is 0 Å². The normalized spacial score (nSPS) is 10.2. The van der Waals surface area contributed by atoms with Crippen molar-refractivity contribution in [3.63, 3.8) is 0 Å². The zero-order valence-electron chi connectivity index (χ0n) is 14.3. The Bertz CT molecular complexity index is 816. The average molecular weight is 347 g/mol. The van der Waals surface area contributed by atoms with E-state index in [2.05, 4.69) is 0 Å². The summed E-state index contributed by atoms with van der Waals surface area (Å²) in [6.45, 7) is 2.43. The maximum Gasteiger partial charge on any atom is 0.417 e. The smallest absolute Gasteiger partial charge is 0.417 e. The lowest BCUT2D eigenvalue weighted by Gasteiger charge is -2.14. The van der Waals surface area contributed by atoms with Crippen molar-refractivity contribution in [3.8, 4) is 11.5 Å². The Labute approximate surface area is 153 Å². The lowest BCUT2D eigenvalue weighted by atomic mass is 10.2. The molecule has 0 bridgehead atoms. The highest BCUT2D eigenvalue weighted by Crippen LogP contribution is 2.27. The van der Waals surface area contributed by atoms with E-state index in [4.69, 9.17) is 14.2 Å². The lowest BCUT2D eigenvalue weighted by Crippen LogP contribution is -2.02. The number of hydrogen-bond acceptors (Lipinski definition) is 4. The van der Waals surface area contributed by atoms with Crippen LogP contribution in [-0.4, -0.2) is 6.47 Å². The van der Waals surface area contributed by atoms with Crippen LogP contribution in [0.15, 0.2) is 78.9 Å². The summed E-state index contributed by atoms with van der Waals surface area (Å²) in [5.41, 5.74) is 2.90. The quantitative estimate of drug-likeness (QED) is 0.574. The van der Waals surface area contributed by atoms with Crippen LogP contribution in [0.1, 0.15) is 16.7 Å². The monoisotopic (exact) mass is 347 g/mol. The molecule has 0 saturated heterocycles. The van der Waals surface area contributed by atoms with Crippen LogP contribution in [0.4, 0.5) is 0 Å². The maximum absolute atomic E-state index is 10.4. The van der Waals surface area contributed by atoms with Crippen molar-refractivity contribution >= 4 is 6.47 Å². The minimum absolute atomic E-state index is 0.104. The SMILES string of the molecule is O=[C]OCc1ccc(OCc2ccccc2)cc1OCc1ccccc1. The molecule has 0 atom stereocenters. The first kappa shape index (κ1) is 17.5. The first-order valence-electron chi connectivity index (χ1n) is 8.30. The van der Waals surface area contributed by atoms with Crippen LogP contribution in [0.5, 0.6) is 11.5 Å². The third-order valence-corrected chi connectivity index (χ3v) is 3.81. The molecule has 0 heterocycles. The molecule has 0 saturated carbocycles. The Balaban J connectivity index is 1.71. The predicted octanol–water partition coefficient (Wildman–Crippen LogP) is 4.43. The molecule has 0 aliphatic rings. The van der Waals surface area contributed by atoms with Gasteiger partial charge in [-0.1, -0.05) is 60.7 Å². The first-order valence-corrected chi connectivity index (χ1v) is 8.30. The molecule has 1 radical (unpaired) electrons. The summed E-state index contributed by atoms with van der Waals surface area (Å²) in [5.74, 6) is 1.31. The number of carbonyl (C=O) groups excluding carboxylic acids is 1. The van der Waals surface area contributed by atoms with E-state index in [9.17, 15) is 4.79 Å². The van der Waals surface area contributed by atoms with E-state index >= 15 is 0 Å². The molecule has 0 spiro atoms. The molecule has 3 rings (SSSR count). The van der Waals surface area contributed by atoms with Crippen molar-refractivity contribution in [2.24, 2.45) is 0 Å². The fraction of sp³-hybridized carbons (Fsp3) is 0.136. The first-order chi connectivity index (χ1) is 12.8. The maximum atomic E-state index is 10.4. The van der Waals surface area contributed by atoms with E-state index in [-0.39, 0.29) is 6.61 Å². The predicted molar refractivity (Wildman–Crippen MR) is 98.5 cm³/mol. The Morgan fingerprint density at radius 1 is 0.692 bits per heavy atom. The highest BCUT2D eigenvalue weighted by molar-refractivity contribution is 5.43. The molecule has 0 aliphatic carbocycles. The van der Waals surface area contributed by atoms with Crippen LogP contribution in [0, 0.1) is 0 Å². The van der Waals surface area contributed by atoms with Crippen LogP contribution in [-0.2, 0) is 29.4 Å². The van der Waals surface area contributed by atoms with E-state index in [0.717, 1.165) is 16.7 Å². The Hall–Kier alpha value is -3.27. The third kappa shape index (κ3) is 5.11. The molecule has 131 valence electrons. The molecule has 0 fully saturated rings. The van der Waals surface area contributed by atoms with Crippen molar-refractivity contribution in [1.82, 2.24) is 0 Å². The molecule has 4 nitrogen and oxygen atoms in total. The van der Waals surface area contributed by atoms with Gasteiger partial charge in [-0.15, -0.1) is 0 Å². The molecule has 3 aromatic rings. The van der Waals surface area contributed by atoms with Crippen molar-refractivity contribution in [2.45, 2.75) is 19.8 Å². The van der Waals surface area contributed by atoms with E-state index in [1.807, 2.05) is 78.9 Å². The second kappa shape index (κ2) is 9.28. The summed E-state index contributed by atoms with van der Waals surface area (Å²) in [7, 11) is 0. The largest absolute Gasteiger partial charge is 0.489 e. The molecule has 4 heteroatoms. The summed E-state index contributed by atoms with van der Waals surface area (Å²) < 4.78 is 16.5. The van der Waals surface area contributed by atoms with E-state index in [0.29, 0.717) is 24.7 Å². The van der Waals surface area contributed by atoms with Gasteiger partial charge in [0.2, 0.25) is 0 Å². The van der Waals surface area contributed by atoms with Gasteiger partial charge >= 0.3 is 6.47 Å². The fourth-order valence-electron chi connectivity index (χ4n) is 2.46. The molecule has 0 unspecified atom stereocenters.